The summed E-state index contributed by atoms with van der Waals surface area (Å²) < 4.78 is 0. The van der Waals surface area contributed by atoms with Crippen molar-refractivity contribution in [3.8, 4) is 16.9 Å². The quantitative estimate of drug-likeness (QED) is 0.689. The first-order valence-electron chi connectivity index (χ1n) is 8.09. The maximum Gasteiger partial charge on any atom is 0.248 e. The van der Waals surface area contributed by atoms with E-state index in [0.717, 1.165) is 33.2 Å². The number of pyridine rings is 1. The van der Waals surface area contributed by atoms with E-state index >= 15 is 0 Å². The molecule has 3 aromatic rings. The highest BCUT2D eigenvalue weighted by Crippen LogP contribution is 2.39. The Bertz CT molecular complexity index is 956. The van der Waals surface area contributed by atoms with E-state index < -0.39 is 0 Å². The summed E-state index contributed by atoms with van der Waals surface area (Å²) >= 11 is 0. The van der Waals surface area contributed by atoms with Crippen LogP contribution in [0.5, 0.6) is 5.75 Å². The first-order valence-corrected chi connectivity index (χ1v) is 8.09. The van der Waals surface area contributed by atoms with Crippen LogP contribution in [0.1, 0.15) is 29.5 Å². The summed E-state index contributed by atoms with van der Waals surface area (Å²) in [4.78, 5) is 14.7. The first-order chi connectivity index (χ1) is 11.4. The average Bonchev–Trinajstić information content (AvgIpc) is 2.55. The van der Waals surface area contributed by atoms with Gasteiger partial charge in [-0.05, 0) is 54.6 Å². The number of aromatic nitrogens is 1. The third-order valence-electron chi connectivity index (χ3n) is 4.62. The molecule has 3 rings (SSSR count). The average molecular weight is 322 g/mol. The van der Waals surface area contributed by atoms with E-state index in [2.05, 4.69) is 11.9 Å². The van der Waals surface area contributed by atoms with Crippen molar-refractivity contribution in [2.45, 2.75) is 26.7 Å². The Hall–Kier alpha value is -2.59. The van der Waals surface area contributed by atoms with E-state index in [1.165, 1.54) is 5.56 Å². The first kappa shape index (κ1) is 16.3. The number of nitrogens with two attached hydrogens (primary N) is 1. The third kappa shape index (κ3) is 2.69. The van der Waals surface area contributed by atoms with Crippen LogP contribution in [0.15, 0.2) is 41.2 Å². The molecule has 0 saturated heterocycles. The number of aromatic hydroxyl groups is 1. The van der Waals surface area contributed by atoms with E-state index in [-0.39, 0.29) is 11.3 Å². The summed E-state index contributed by atoms with van der Waals surface area (Å²) in [6, 6.07) is 11.3. The molecule has 0 unspecified atom stereocenters. The molecular formula is C20H22N2O2. The molecule has 0 aliphatic rings. The molecule has 0 aliphatic heterocycles. The maximum atomic E-state index is 11.8. The molecule has 124 valence electrons. The Morgan fingerprint density at radius 1 is 1.12 bits per heavy atom. The second kappa shape index (κ2) is 6.13. The lowest BCUT2D eigenvalue weighted by Crippen LogP contribution is -2.08. The van der Waals surface area contributed by atoms with Gasteiger partial charge < -0.3 is 15.8 Å². The second-order valence-electron chi connectivity index (χ2n) is 6.41. The van der Waals surface area contributed by atoms with Crippen molar-refractivity contribution in [1.82, 2.24) is 4.98 Å². The molecule has 0 saturated carbocycles. The number of rotatable bonds is 3. The highest BCUT2D eigenvalue weighted by atomic mass is 16.3. The van der Waals surface area contributed by atoms with Gasteiger partial charge in [0.15, 0.2) is 0 Å². The highest BCUT2D eigenvalue weighted by Gasteiger charge is 2.15. The Morgan fingerprint density at radius 2 is 1.79 bits per heavy atom. The summed E-state index contributed by atoms with van der Waals surface area (Å²) in [5.74, 6) is 0.510. The van der Waals surface area contributed by atoms with E-state index in [9.17, 15) is 9.90 Å². The molecule has 4 heteroatoms. The molecule has 0 spiro atoms. The maximum absolute atomic E-state index is 11.8. The molecule has 2 aromatic carbocycles. The van der Waals surface area contributed by atoms with Crippen LogP contribution in [-0.2, 0) is 0 Å². The lowest BCUT2D eigenvalue weighted by atomic mass is 9.92. The van der Waals surface area contributed by atoms with Gasteiger partial charge in [-0.1, -0.05) is 31.2 Å². The Labute approximate surface area is 141 Å². The molecule has 1 aromatic heterocycles. The van der Waals surface area contributed by atoms with Crippen molar-refractivity contribution in [2.24, 2.45) is 5.73 Å². The van der Waals surface area contributed by atoms with Crippen molar-refractivity contribution in [2.75, 3.05) is 6.54 Å². The molecular weight excluding hydrogens is 300 g/mol. The molecule has 1 heterocycles. The van der Waals surface area contributed by atoms with Gasteiger partial charge in [-0.15, -0.1) is 0 Å². The Morgan fingerprint density at radius 3 is 2.42 bits per heavy atom. The minimum absolute atomic E-state index is 0.133. The van der Waals surface area contributed by atoms with Gasteiger partial charge >= 0.3 is 0 Å². The number of phenols is 1. The molecule has 1 atom stereocenters. The van der Waals surface area contributed by atoms with Gasteiger partial charge in [0.25, 0.3) is 0 Å². The minimum atomic E-state index is -0.133. The number of aryl methyl sites for hydroxylation is 2. The van der Waals surface area contributed by atoms with Crippen molar-refractivity contribution in [3.05, 3.63) is 63.4 Å². The fourth-order valence-corrected chi connectivity index (χ4v) is 3.19. The lowest BCUT2D eigenvalue weighted by molar-refractivity contribution is 0.477. The van der Waals surface area contributed by atoms with Crippen molar-refractivity contribution < 1.29 is 5.11 Å². The van der Waals surface area contributed by atoms with Crippen molar-refractivity contribution >= 4 is 10.9 Å². The summed E-state index contributed by atoms with van der Waals surface area (Å²) in [7, 11) is 0. The van der Waals surface area contributed by atoms with Gasteiger partial charge in [0.05, 0.1) is 5.52 Å². The molecule has 0 bridgehead atoms. The summed E-state index contributed by atoms with van der Waals surface area (Å²) in [5, 5.41) is 11.4. The van der Waals surface area contributed by atoms with Crippen LogP contribution >= 0.6 is 0 Å². The lowest BCUT2D eigenvalue weighted by Gasteiger charge is -2.15. The number of hydrogen-bond donors (Lipinski definition) is 3. The van der Waals surface area contributed by atoms with Gasteiger partial charge in [-0.2, -0.15) is 0 Å². The number of nitrogens with one attached hydrogen (secondary N) is 1. The van der Waals surface area contributed by atoms with Crippen LogP contribution in [0, 0.1) is 13.8 Å². The number of aromatic amines is 1. The highest BCUT2D eigenvalue weighted by molar-refractivity contribution is 6.01. The van der Waals surface area contributed by atoms with Gasteiger partial charge in [0.1, 0.15) is 5.75 Å². The van der Waals surface area contributed by atoms with Crippen LogP contribution in [0.2, 0.25) is 0 Å². The largest absolute Gasteiger partial charge is 0.507 e. The predicted molar refractivity (Wildman–Crippen MR) is 98.6 cm³/mol. The minimum Gasteiger partial charge on any atom is -0.507 e. The third-order valence-corrected chi connectivity index (χ3v) is 4.62. The van der Waals surface area contributed by atoms with Gasteiger partial charge in [-0.3, -0.25) is 4.79 Å². The molecule has 4 nitrogen and oxygen atoms in total. The van der Waals surface area contributed by atoms with Crippen LogP contribution < -0.4 is 11.3 Å². The summed E-state index contributed by atoms with van der Waals surface area (Å²) in [5.41, 5.74) is 10.9. The monoisotopic (exact) mass is 322 g/mol. The number of benzene rings is 2. The van der Waals surface area contributed by atoms with Gasteiger partial charge in [0, 0.05) is 17.0 Å². The fourth-order valence-electron chi connectivity index (χ4n) is 3.19. The standard InChI is InChI=1S/C20H22N2O2/c1-11-9-17(24)22-20-12(2)8-16(23)19(18(11)20)15-6-4-14(5-7-15)13(3)10-21/h4-9,13,23H,10,21H2,1-3H3,(H,22,24)/t13-/m0/s1. The van der Waals surface area contributed by atoms with E-state index in [1.54, 1.807) is 12.1 Å². The zero-order valence-electron chi connectivity index (χ0n) is 14.2. The van der Waals surface area contributed by atoms with Crippen LogP contribution in [-0.4, -0.2) is 16.6 Å². The zero-order chi connectivity index (χ0) is 17.4. The van der Waals surface area contributed by atoms with Gasteiger partial charge in [0.2, 0.25) is 5.56 Å². The molecule has 0 radical (unpaired) electrons. The number of hydrogen-bond acceptors (Lipinski definition) is 3. The number of phenolic OH excluding ortho intramolecular Hbond substituents is 1. The Balaban J connectivity index is 2.28. The van der Waals surface area contributed by atoms with E-state index in [0.29, 0.717) is 12.5 Å². The molecule has 24 heavy (non-hydrogen) atoms. The summed E-state index contributed by atoms with van der Waals surface area (Å²) in [6.07, 6.45) is 0. The van der Waals surface area contributed by atoms with Crippen molar-refractivity contribution in [3.63, 3.8) is 0 Å². The van der Waals surface area contributed by atoms with Crippen LogP contribution in [0.3, 0.4) is 0 Å². The number of H-pyrrole nitrogens is 1. The normalized spacial score (nSPS) is 12.5. The fraction of sp³-hybridized carbons (Fsp3) is 0.250. The van der Waals surface area contributed by atoms with E-state index in [4.69, 9.17) is 5.73 Å². The van der Waals surface area contributed by atoms with E-state index in [1.807, 2.05) is 38.1 Å². The SMILES string of the molecule is Cc1cc(O)c(-c2ccc([C@@H](C)CN)cc2)c2c(C)cc(=O)[nH]c12. The topological polar surface area (TPSA) is 79.1 Å². The molecule has 0 aliphatic carbocycles. The molecule has 4 N–H and O–H groups in total. The number of fused-ring (bicyclic) bond motifs is 1. The molecule has 0 amide bonds. The molecule has 0 fully saturated rings. The smallest absolute Gasteiger partial charge is 0.248 e. The second-order valence-corrected chi connectivity index (χ2v) is 6.41. The Kier molecular flexibility index (Phi) is 4.16. The summed E-state index contributed by atoms with van der Waals surface area (Å²) in [6.45, 7) is 6.46. The van der Waals surface area contributed by atoms with Crippen LogP contribution in [0.4, 0.5) is 0 Å². The predicted octanol–water partition coefficient (Wildman–Crippen LogP) is 3.58. The van der Waals surface area contributed by atoms with Gasteiger partial charge in [-0.25, -0.2) is 0 Å². The zero-order valence-corrected chi connectivity index (χ0v) is 14.2. The van der Waals surface area contributed by atoms with Crippen molar-refractivity contribution in [1.29, 1.82) is 0 Å². The van der Waals surface area contributed by atoms with Crippen LogP contribution in [0.25, 0.3) is 22.0 Å².